The zero-order valence-electron chi connectivity index (χ0n) is 11.1. The number of rotatable bonds is 4. The number of aliphatic hydroxyl groups is 1. The van der Waals surface area contributed by atoms with E-state index in [1.807, 2.05) is 13.1 Å². The van der Waals surface area contributed by atoms with Gasteiger partial charge in [-0.1, -0.05) is 25.7 Å². The van der Waals surface area contributed by atoms with Crippen LogP contribution in [0.2, 0.25) is 0 Å². The smallest absolute Gasteiger partial charge is 0.263 e. The van der Waals surface area contributed by atoms with E-state index < -0.39 is 0 Å². The summed E-state index contributed by atoms with van der Waals surface area (Å²) in [5.41, 5.74) is 0. The highest BCUT2D eigenvalue weighted by molar-refractivity contribution is 7.14. The molecule has 0 aliphatic rings. The lowest BCUT2D eigenvalue weighted by Gasteiger charge is -2.25. The van der Waals surface area contributed by atoms with Gasteiger partial charge in [0.1, 0.15) is 6.61 Å². The quantitative estimate of drug-likeness (QED) is 0.849. The molecule has 1 amide bonds. The zero-order chi connectivity index (χ0) is 13.5. The van der Waals surface area contributed by atoms with Gasteiger partial charge in [0.15, 0.2) is 0 Å². The minimum atomic E-state index is -0.158. The zero-order valence-corrected chi connectivity index (χ0v) is 11.9. The van der Waals surface area contributed by atoms with Crippen molar-refractivity contribution < 1.29 is 9.90 Å². The molecule has 1 N–H and O–H groups in total. The Morgan fingerprint density at radius 1 is 1.44 bits per heavy atom. The normalized spacial score (nSPS) is 10.1. The summed E-state index contributed by atoms with van der Waals surface area (Å²) in [7, 11) is 1.85. The number of aliphatic hydroxyl groups excluding tert-OH is 1. The van der Waals surface area contributed by atoms with Crippen molar-refractivity contribution >= 4 is 17.2 Å². The summed E-state index contributed by atoms with van der Waals surface area (Å²) >= 11 is 1.37. The molecule has 1 aromatic heterocycles. The summed E-state index contributed by atoms with van der Waals surface area (Å²) in [6.45, 7) is 4.02. The Balaban J connectivity index is 2.81. The number of hydrogen-bond acceptors (Lipinski definition) is 3. The van der Waals surface area contributed by atoms with E-state index in [1.165, 1.54) is 11.3 Å². The summed E-state index contributed by atoms with van der Waals surface area (Å²) in [6, 6.07) is 3.90. The van der Waals surface area contributed by atoms with Crippen LogP contribution in [0.1, 0.15) is 41.2 Å². The van der Waals surface area contributed by atoms with Crippen molar-refractivity contribution in [3.05, 3.63) is 21.9 Å². The molecule has 0 aliphatic carbocycles. The SMILES string of the molecule is CCC(CC)N(C)C(=O)c1ccc(C#CCO)s1. The van der Waals surface area contributed by atoms with Gasteiger partial charge >= 0.3 is 0 Å². The van der Waals surface area contributed by atoms with E-state index >= 15 is 0 Å². The lowest BCUT2D eigenvalue weighted by Crippen LogP contribution is -2.35. The molecular formula is C14H19NO2S. The van der Waals surface area contributed by atoms with Gasteiger partial charge < -0.3 is 10.0 Å². The van der Waals surface area contributed by atoms with Crippen molar-refractivity contribution in [2.24, 2.45) is 0 Å². The molecule has 0 unspecified atom stereocenters. The summed E-state index contributed by atoms with van der Waals surface area (Å²) in [4.78, 5) is 15.5. The molecule has 0 aromatic carbocycles. The van der Waals surface area contributed by atoms with Crippen LogP contribution in [0.4, 0.5) is 0 Å². The van der Waals surface area contributed by atoms with Gasteiger partial charge in [0.05, 0.1) is 9.75 Å². The predicted molar refractivity (Wildman–Crippen MR) is 74.7 cm³/mol. The van der Waals surface area contributed by atoms with E-state index in [-0.39, 0.29) is 18.6 Å². The van der Waals surface area contributed by atoms with Crippen LogP contribution in [-0.4, -0.2) is 35.6 Å². The van der Waals surface area contributed by atoms with E-state index in [2.05, 4.69) is 25.7 Å². The Morgan fingerprint density at radius 2 is 2.11 bits per heavy atom. The average Bonchev–Trinajstić information content (AvgIpc) is 2.85. The maximum atomic E-state index is 12.2. The molecule has 1 heterocycles. The van der Waals surface area contributed by atoms with Crippen LogP contribution in [0.15, 0.2) is 12.1 Å². The van der Waals surface area contributed by atoms with Crippen LogP contribution in [-0.2, 0) is 0 Å². The molecule has 0 saturated carbocycles. The molecule has 4 heteroatoms. The van der Waals surface area contributed by atoms with Crippen LogP contribution < -0.4 is 0 Å². The molecule has 0 saturated heterocycles. The van der Waals surface area contributed by atoms with Gasteiger partial charge in [-0.2, -0.15) is 0 Å². The van der Waals surface area contributed by atoms with Crippen molar-refractivity contribution in [2.75, 3.05) is 13.7 Å². The largest absolute Gasteiger partial charge is 0.384 e. The molecule has 0 spiro atoms. The monoisotopic (exact) mass is 265 g/mol. The molecule has 3 nitrogen and oxygen atoms in total. The van der Waals surface area contributed by atoms with Crippen LogP contribution in [0.5, 0.6) is 0 Å². The molecule has 0 aliphatic heterocycles. The average molecular weight is 265 g/mol. The van der Waals surface area contributed by atoms with Crippen molar-refractivity contribution in [3.63, 3.8) is 0 Å². The second-order valence-corrected chi connectivity index (χ2v) is 5.09. The molecule has 18 heavy (non-hydrogen) atoms. The lowest BCUT2D eigenvalue weighted by atomic mass is 10.1. The third kappa shape index (κ3) is 3.59. The number of carbonyl (C=O) groups is 1. The predicted octanol–water partition coefficient (Wildman–Crippen LogP) is 2.35. The van der Waals surface area contributed by atoms with E-state index in [1.54, 1.807) is 11.0 Å². The van der Waals surface area contributed by atoms with E-state index in [0.717, 1.165) is 17.7 Å². The highest BCUT2D eigenvalue weighted by atomic mass is 32.1. The first-order valence-corrected chi connectivity index (χ1v) is 6.92. The molecule has 1 aromatic rings. The van der Waals surface area contributed by atoms with Gasteiger partial charge in [0.2, 0.25) is 0 Å². The van der Waals surface area contributed by atoms with Crippen LogP contribution in [0.3, 0.4) is 0 Å². The Labute approximate surface area is 112 Å². The number of amides is 1. The summed E-state index contributed by atoms with van der Waals surface area (Å²) in [5.74, 6) is 5.44. The first-order valence-electron chi connectivity index (χ1n) is 6.10. The third-order valence-corrected chi connectivity index (χ3v) is 3.91. The summed E-state index contributed by atoms with van der Waals surface area (Å²) in [5, 5.41) is 8.62. The molecule has 0 atom stereocenters. The van der Waals surface area contributed by atoms with Crippen LogP contribution in [0.25, 0.3) is 0 Å². The minimum absolute atomic E-state index is 0.0470. The van der Waals surface area contributed by atoms with E-state index in [0.29, 0.717) is 4.88 Å². The van der Waals surface area contributed by atoms with E-state index in [9.17, 15) is 4.79 Å². The first kappa shape index (κ1) is 14.7. The Bertz CT molecular complexity index is 452. The third-order valence-electron chi connectivity index (χ3n) is 2.92. The van der Waals surface area contributed by atoms with Gasteiger partial charge in [-0.25, -0.2) is 0 Å². The van der Waals surface area contributed by atoms with Crippen molar-refractivity contribution in [3.8, 4) is 11.8 Å². The highest BCUT2D eigenvalue weighted by Gasteiger charge is 2.19. The van der Waals surface area contributed by atoms with E-state index in [4.69, 9.17) is 5.11 Å². The maximum Gasteiger partial charge on any atom is 0.263 e. The second kappa shape index (κ2) is 7.20. The lowest BCUT2D eigenvalue weighted by molar-refractivity contribution is 0.0728. The fourth-order valence-electron chi connectivity index (χ4n) is 1.82. The van der Waals surface area contributed by atoms with Gasteiger partial charge in [0, 0.05) is 13.1 Å². The molecular weight excluding hydrogens is 246 g/mol. The van der Waals surface area contributed by atoms with Crippen molar-refractivity contribution in [2.45, 2.75) is 32.7 Å². The summed E-state index contributed by atoms with van der Waals surface area (Å²) in [6.07, 6.45) is 1.92. The number of nitrogens with zero attached hydrogens (tertiary/aromatic N) is 1. The maximum absolute atomic E-state index is 12.2. The Kier molecular flexibility index (Phi) is 5.90. The first-order chi connectivity index (χ1) is 8.63. The van der Waals surface area contributed by atoms with Gasteiger partial charge in [0.25, 0.3) is 5.91 Å². The molecule has 1 rings (SSSR count). The fraction of sp³-hybridized carbons (Fsp3) is 0.500. The Morgan fingerprint density at radius 3 is 2.67 bits per heavy atom. The van der Waals surface area contributed by atoms with Gasteiger partial charge in [-0.3, -0.25) is 4.79 Å². The Hall–Kier alpha value is -1.31. The van der Waals surface area contributed by atoms with Gasteiger partial charge in [-0.05, 0) is 25.0 Å². The number of hydrogen-bond donors (Lipinski definition) is 1. The second-order valence-electron chi connectivity index (χ2n) is 4.01. The van der Waals surface area contributed by atoms with Crippen molar-refractivity contribution in [1.82, 2.24) is 4.90 Å². The molecule has 0 fully saturated rings. The highest BCUT2D eigenvalue weighted by Crippen LogP contribution is 2.19. The van der Waals surface area contributed by atoms with Crippen LogP contribution >= 0.6 is 11.3 Å². The molecule has 0 radical (unpaired) electrons. The number of carbonyl (C=O) groups excluding carboxylic acids is 1. The van der Waals surface area contributed by atoms with Crippen LogP contribution in [0, 0.1) is 11.8 Å². The topological polar surface area (TPSA) is 40.5 Å². The number of thiophene rings is 1. The standard InChI is InChI=1S/C14H19NO2S/c1-4-11(5-2)15(3)14(17)13-9-8-12(18-13)7-6-10-16/h8-9,11,16H,4-5,10H2,1-3H3. The molecule has 98 valence electrons. The fourth-order valence-corrected chi connectivity index (χ4v) is 2.69. The van der Waals surface area contributed by atoms with Gasteiger partial charge in [-0.15, -0.1) is 11.3 Å². The summed E-state index contributed by atoms with van der Waals surface area (Å²) < 4.78 is 0. The molecule has 0 bridgehead atoms. The minimum Gasteiger partial charge on any atom is -0.384 e. The van der Waals surface area contributed by atoms with Crippen molar-refractivity contribution in [1.29, 1.82) is 0 Å².